The Kier molecular flexibility index (Phi) is 4.51. The first kappa shape index (κ1) is 19.9. The second-order valence-corrected chi connectivity index (χ2v) is 7.87. The van der Waals surface area contributed by atoms with Crippen LogP contribution in [-0.2, 0) is 6.61 Å². The van der Waals surface area contributed by atoms with Crippen LogP contribution < -0.4 is 14.9 Å². The van der Waals surface area contributed by atoms with Crippen molar-refractivity contribution in [2.45, 2.75) is 6.61 Å². The van der Waals surface area contributed by atoms with Gasteiger partial charge in [-0.05, 0) is 35.4 Å². The molecule has 0 saturated heterocycles. The van der Waals surface area contributed by atoms with E-state index < -0.39 is 11.2 Å². The van der Waals surface area contributed by atoms with Gasteiger partial charge in [0.2, 0.25) is 11.2 Å². The molecule has 0 atom stereocenters. The molecule has 3 N–H and O–H groups in total. The van der Waals surface area contributed by atoms with Crippen molar-refractivity contribution < 1.29 is 19.0 Å². The van der Waals surface area contributed by atoms with Gasteiger partial charge in [-0.3, -0.25) is 9.89 Å². The summed E-state index contributed by atoms with van der Waals surface area (Å²) in [6.07, 6.45) is 1.79. The highest BCUT2D eigenvalue weighted by Crippen LogP contribution is 2.42. The van der Waals surface area contributed by atoms with E-state index in [2.05, 4.69) is 15.2 Å². The van der Waals surface area contributed by atoms with Gasteiger partial charge in [0.25, 0.3) is 0 Å². The van der Waals surface area contributed by atoms with Crippen LogP contribution in [0.15, 0.2) is 76.1 Å². The van der Waals surface area contributed by atoms with Crippen molar-refractivity contribution in [2.75, 3.05) is 7.11 Å². The van der Waals surface area contributed by atoms with E-state index in [1.807, 2.05) is 48.5 Å². The summed E-state index contributed by atoms with van der Waals surface area (Å²) in [6.45, 7) is 0.410. The fourth-order valence-electron chi connectivity index (χ4n) is 4.19. The van der Waals surface area contributed by atoms with E-state index in [0.29, 0.717) is 40.2 Å². The average molecular weight is 453 g/mol. The van der Waals surface area contributed by atoms with Gasteiger partial charge in [-0.1, -0.05) is 36.4 Å². The second-order valence-electron chi connectivity index (χ2n) is 7.87. The number of phenols is 1. The van der Waals surface area contributed by atoms with Gasteiger partial charge in [-0.15, -0.1) is 0 Å². The Hall–Kier alpha value is -4.72. The minimum absolute atomic E-state index is 0.114. The molecule has 0 spiro atoms. The molecule has 34 heavy (non-hydrogen) atoms. The third-order valence-corrected chi connectivity index (χ3v) is 5.84. The molecule has 3 aromatic heterocycles. The van der Waals surface area contributed by atoms with Crippen molar-refractivity contribution in [3.8, 4) is 28.4 Å². The van der Waals surface area contributed by atoms with Gasteiger partial charge in [0.05, 0.1) is 12.5 Å². The highest BCUT2D eigenvalue weighted by atomic mass is 16.5. The number of hydrogen-bond donors (Lipinski definition) is 3. The van der Waals surface area contributed by atoms with Crippen molar-refractivity contribution in [3.05, 3.63) is 82.6 Å². The molecule has 8 nitrogen and oxygen atoms in total. The summed E-state index contributed by atoms with van der Waals surface area (Å²) >= 11 is 0. The Morgan fingerprint density at radius 3 is 2.68 bits per heavy atom. The number of furan rings is 1. The predicted molar refractivity (Wildman–Crippen MR) is 128 cm³/mol. The van der Waals surface area contributed by atoms with E-state index >= 15 is 0 Å². The lowest BCUT2D eigenvalue weighted by atomic mass is 10.0. The van der Waals surface area contributed by atoms with E-state index in [4.69, 9.17) is 13.9 Å². The first-order valence-electron chi connectivity index (χ1n) is 10.6. The number of hydrogen-bond acceptors (Lipinski definition) is 6. The zero-order valence-corrected chi connectivity index (χ0v) is 18.1. The maximum Gasteiger partial charge on any atom is 0.224 e. The molecule has 0 bridgehead atoms. The smallest absolute Gasteiger partial charge is 0.224 e. The number of benzene rings is 3. The molecule has 0 aliphatic rings. The molecule has 3 heterocycles. The molecule has 0 saturated carbocycles. The number of aromatic amines is 2. The summed E-state index contributed by atoms with van der Waals surface area (Å²) in [5.41, 5.74) is 3.80. The zero-order chi connectivity index (χ0) is 23.2. The number of nitrogens with one attached hydrogen (secondary N) is 2. The molecule has 0 unspecified atom stereocenters. The Labute approximate surface area is 192 Å². The zero-order valence-electron chi connectivity index (χ0n) is 18.1. The Bertz CT molecular complexity index is 1730. The lowest BCUT2D eigenvalue weighted by Crippen LogP contribution is -1.98. The molecule has 168 valence electrons. The van der Waals surface area contributed by atoms with Gasteiger partial charge in [-0.2, -0.15) is 0 Å². The lowest BCUT2D eigenvalue weighted by Gasteiger charge is -2.13. The van der Waals surface area contributed by atoms with E-state index in [9.17, 15) is 9.90 Å². The summed E-state index contributed by atoms with van der Waals surface area (Å²) in [5.74, 6) is 0.737. The summed E-state index contributed by atoms with van der Waals surface area (Å²) in [7, 11) is 1.59. The van der Waals surface area contributed by atoms with Crippen LogP contribution in [-0.4, -0.2) is 27.4 Å². The van der Waals surface area contributed by atoms with Gasteiger partial charge in [0.1, 0.15) is 12.1 Å². The number of fused-ring (bicyclic) bond motifs is 4. The first-order valence-corrected chi connectivity index (χ1v) is 10.6. The molecule has 8 heteroatoms. The van der Waals surface area contributed by atoms with Gasteiger partial charge < -0.3 is 24.1 Å². The van der Waals surface area contributed by atoms with Crippen molar-refractivity contribution in [2.24, 2.45) is 0 Å². The van der Waals surface area contributed by atoms with Crippen molar-refractivity contribution in [3.63, 3.8) is 0 Å². The molecule has 6 aromatic rings. The second kappa shape index (κ2) is 7.70. The number of nitrogens with zero attached hydrogens (tertiary/aromatic N) is 1. The average Bonchev–Trinajstić information content (AvgIpc) is 3.49. The van der Waals surface area contributed by atoms with Crippen LogP contribution in [0.3, 0.4) is 0 Å². The van der Waals surface area contributed by atoms with Crippen LogP contribution in [0, 0.1) is 0 Å². The predicted octanol–water partition coefficient (Wildman–Crippen LogP) is 5.11. The third kappa shape index (κ3) is 3.07. The van der Waals surface area contributed by atoms with Crippen LogP contribution in [0.2, 0.25) is 0 Å². The Morgan fingerprint density at radius 2 is 1.85 bits per heavy atom. The molecule has 0 aliphatic carbocycles. The minimum atomic E-state index is -0.506. The Balaban J connectivity index is 1.53. The monoisotopic (exact) mass is 453 g/mol. The maximum absolute atomic E-state index is 12.0. The number of ether oxygens (including phenoxy) is 2. The van der Waals surface area contributed by atoms with E-state index in [-0.39, 0.29) is 5.58 Å². The Morgan fingerprint density at radius 1 is 1.00 bits per heavy atom. The van der Waals surface area contributed by atoms with Crippen molar-refractivity contribution >= 4 is 33.1 Å². The minimum Gasteiger partial charge on any atom is -0.502 e. The maximum atomic E-state index is 12.0. The van der Waals surface area contributed by atoms with Crippen LogP contribution >= 0.6 is 0 Å². The SMILES string of the molecule is COc1cc(-c2c3c[nH][nH]c3nc3c2oc2c(O)c(=O)ccc23)ccc1OCc1ccccc1. The van der Waals surface area contributed by atoms with Crippen LogP contribution in [0.4, 0.5) is 0 Å². The molecule has 3 aromatic carbocycles. The molecule has 0 fully saturated rings. The summed E-state index contributed by atoms with van der Waals surface area (Å²) < 4.78 is 17.7. The van der Waals surface area contributed by atoms with E-state index in [1.54, 1.807) is 19.4 Å². The molecule has 0 radical (unpaired) electrons. The number of methoxy groups -OCH3 is 1. The quantitative estimate of drug-likeness (QED) is 0.334. The van der Waals surface area contributed by atoms with Gasteiger partial charge in [0.15, 0.2) is 28.3 Å². The first-order chi connectivity index (χ1) is 16.6. The summed E-state index contributed by atoms with van der Waals surface area (Å²) in [4.78, 5) is 16.6. The number of H-pyrrole nitrogens is 2. The molecular formula is C26H19N3O5. The number of aromatic hydroxyl groups is 1. The third-order valence-electron chi connectivity index (χ3n) is 5.84. The van der Waals surface area contributed by atoms with Crippen molar-refractivity contribution in [1.82, 2.24) is 15.2 Å². The van der Waals surface area contributed by atoms with E-state index in [0.717, 1.165) is 22.1 Å². The van der Waals surface area contributed by atoms with Gasteiger partial charge in [0, 0.05) is 17.1 Å². The number of phenolic OH excluding ortho intramolecular Hbond substituents is 1. The standard InChI is InChI=1S/C26H19N3O5/c1-32-20-11-15(7-10-19(20)33-13-14-5-3-2-4-6-14)21-17-12-27-29-26(17)28-22-16-8-9-18(30)23(31)24(16)34-25(21)22/h2-12,31H,13H2,1H3,(H2,27,28,29). The highest BCUT2D eigenvalue weighted by Gasteiger charge is 2.22. The fraction of sp³-hybridized carbons (Fsp3) is 0.0769. The number of aromatic nitrogens is 3. The van der Waals surface area contributed by atoms with E-state index in [1.165, 1.54) is 6.07 Å². The highest BCUT2D eigenvalue weighted by molar-refractivity contribution is 6.15. The summed E-state index contributed by atoms with van der Waals surface area (Å²) in [5, 5.41) is 17.6. The largest absolute Gasteiger partial charge is 0.502 e. The van der Waals surface area contributed by atoms with Crippen LogP contribution in [0.25, 0.3) is 44.2 Å². The van der Waals surface area contributed by atoms with Gasteiger partial charge in [-0.25, -0.2) is 4.98 Å². The normalized spacial score (nSPS) is 11.4. The number of rotatable bonds is 5. The summed E-state index contributed by atoms with van der Waals surface area (Å²) in [6, 6.07) is 18.4. The van der Waals surface area contributed by atoms with Crippen molar-refractivity contribution in [1.29, 1.82) is 0 Å². The fourth-order valence-corrected chi connectivity index (χ4v) is 4.19. The number of pyridine rings is 1. The molecular weight excluding hydrogens is 434 g/mol. The van der Waals surface area contributed by atoms with Crippen LogP contribution in [0.5, 0.6) is 17.2 Å². The van der Waals surface area contributed by atoms with Crippen LogP contribution in [0.1, 0.15) is 5.56 Å². The van der Waals surface area contributed by atoms with Gasteiger partial charge >= 0.3 is 0 Å². The lowest BCUT2D eigenvalue weighted by molar-refractivity contribution is 0.284. The topological polar surface area (TPSA) is 113 Å². The molecule has 0 amide bonds. The molecule has 6 rings (SSSR count). The molecule has 0 aliphatic heterocycles.